The topological polar surface area (TPSA) is 74.2 Å². The smallest absolute Gasteiger partial charge is 0.254 e. The molecule has 130 valence electrons. The second kappa shape index (κ2) is 8.60. The number of unbranched alkanes of at least 4 members (excludes halogenated alkanes) is 1. The number of allylic oxidation sites excluding steroid dienone is 1. The highest BCUT2D eigenvalue weighted by Gasteiger charge is 2.13. The highest BCUT2D eigenvalue weighted by Crippen LogP contribution is 2.26. The van der Waals surface area contributed by atoms with Gasteiger partial charge < -0.3 is 15.0 Å². The summed E-state index contributed by atoms with van der Waals surface area (Å²) in [6, 6.07) is 9.69. The van der Waals surface area contributed by atoms with Gasteiger partial charge in [0.2, 0.25) is 5.82 Å². The first-order valence-corrected chi connectivity index (χ1v) is 9.16. The molecule has 25 heavy (non-hydrogen) atoms. The fraction of sp³-hybridized carbons (Fsp3) is 0.263. The van der Waals surface area contributed by atoms with Crippen molar-refractivity contribution in [2.24, 2.45) is 5.73 Å². The van der Waals surface area contributed by atoms with Gasteiger partial charge in [0, 0.05) is 11.1 Å². The van der Waals surface area contributed by atoms with E-state index in [4.69, 9.17) is 15.0 Å². The molecule has 0 aliphatic rings. The summed E-state index contributed by atoms with van der Waals surface area (Å²) in [5, 5.41) is 8.29. The number of methoxy groups -OCH3 is 1. The minimum Gasteiger partial charge on any atom is -0.497 e. The Balaban J connectivity index is 1.84. The van der Waals surface area contributed by atoms with Crippen LogP contribution < -0.4 is 10.5 Å². The van der Waals surface area contributed by atoms with Crippen LogP contribution in [0.15, 0.2) is 45.6 Å². The third-order valence-corrected chi connectivity index (χ3v) is 4.53. The highest BCUT2D eigenvalue weighted by atomic mass is 32.1. The summed E-state index contributed by atoms with van der Waals surface area (Å²) in [4.78, 5) is 4.58. The first-order valence-electron chi connectivity index (χ1n) is 8.21. The molecule has 6 heteroatoms. The number of hydrogen-bond acceptors (Lipinski definition) is 6. The monoisotopic (exact) mass is 355 g/mol. The summed E-state index contributed by atoms with van der Waals surface area (Å²) >= 11 is 1.67. The van der Waals surface area contributed by atoms with Crippen LogP contribution in [0.3, 0.4) is 0 Å². The summed E-state index contributed by atoms with van der Waals surface area (Å²) in [5.74, 6) is 1.94. The van der Waals surface area contributed by atoms with E-state index >= 15 is 0 Å². The molecule has 2 aromatic heterocycles. The number of rotatable bonds is 8. The molecule has 1 aromatic carbocycles. The molecular weight excluding hydrogens is 334 g/mol. The molecule has 0 fully saturated rings. The maximum atomic E-state index is 5.61. The molecule has 0 saturated heterocycles. The van der Waals surface area contributed by atoms with Crippen LogP contribution >= 0.6 is 11.3 Å². The Morgan fingerprint density at radius 3 is 2.76 bits per heavy atom. The van der Waals surface area contributed by atoms with Gasteiger partial charge >= 0.3 is 0 Å². The van der Waals surface area contributed by atoms with Gasteiger partial charge in [0.05, 0.1) is 7.11 Å². The largest absolute Gasteiger partial charge is 0.497 e. The van der Waals surface area contributed by atoms with Crippen molar-refractivity contribution in [3.8, 4) is 17.1 Å². The van der Waals surface area contributed by atoms with Crippen molar-refractivity contribution in [3.63, 3.8) is 0 Å². The number of benzene rings is 1. The summed E-state index contributed by atoms with van der Waals surface area (Å²) < 4.78 is 10.7. The molecule has 2 heterocycles. The Kier molecular flexibility index (Phi) is 5.98. The molecular formula is C19H21N3O2S. The third kappa shape index (κ3) is 4.55. The molecule has 0 atom stereocenters. The fourth-order valence-electron chi connectivity index (χ4n) is 2.47. The molecule has 3 aromatic rings. The zero-order valence-electron chi connectivity index (χ0n) is 14.1. The highest BCUT2D eigenvalue weighted by molar-refractivity contribution is 7.08. The number of thiophene rings is 1. The lowest BCUT2D eigenvalue weighted by atomic mass is 10.1. The Morgan fingerprint density at radius 1 is 1.24 bits per heavy atom. The maximum absolute atomic E-state index is 5.61. The normalized spacial score (nSPS) is 11.7. The number of nitrogens with zero attached hydrogens (tertiary/aromatic N) is 2. The van der Waals surface area contributed by atoms with E-state index < -0.39 is 0 Å². The lowest BCUT2D eigenvalue weighted by molar-refractivity contribution is 0.406. The van der Waals surface area contributed by atoms with Gasteiger partial charge in [-0.2, -0.15) is 16.3 Å². The van der Waals surface area contributed by atoms with E-state index in [0.717, 1.165) is 41.7 Å². The molecule has 0 saturated carbocycles. The van der Waals surface area contributed by atoms with Crippen LogP contribution in [0.1, 0.15) is 30.7 Å². The van der Waals surface area contributed by atoms with Crippen LogP contribution in [-0.2, 0) is 0 Å². The van der Waals surface area contributed by atoms with Crippen molar-refractivity contribution in [2.45, 2.75) is 19.3 Å². The van der Waals surface area contributed by atoms with Crippen molar-refractivity contribution in [1.82, 2.24) is 10.1 Å². The van der Waals surface area contributed by atoms with Gasteiger partial charge in [0.25, 0.3) is 5.89 Å². The molecule has 0 bridgehead atoms. The van der Waals surface area contributed by atoms with Crippen LogP contribution in [0, 0.1) is 0 Å². The summed E-state index contributed by atoms with van der Waals surface area (Å²) in [6.07, 6.45) is 4.93. The Hall–Kier alpha value is -2.44. The average Bonchev–Trinajstić information content (AvgIpc) is 3.33. The predicted molar refractivity (Wildman–Crippen MR) is 101 cm³/mol. The molecule has 0 unspecified atom stereocenters. The van der Waals surface area contributed by atoms with Crippen molar-refractivity contribution in [1.29, 1.82) is 0 Å². The van der Waals surface area contributed by atoms with E-state index in [1.165, 1.54) is 0 Å². The molecule has 3 rings (SSSR count). The number of nitrogens with two attached hydrogens (primary N) is 1. The van der Waals surface area contributed by atoms with Gasteiger partial charge in [-0.3, -0.25) is 0 Å². The maximum Gasteiger partial charge on any atom is 0.254 e. The number of ether oxygens (including phenoxy) is 1. The molecule has 5 nitrogen and oxygen atoms in total. The van der Waals surface area contributed by atoms with Gasteiger partial charge in [0.15, 0.2) is 0 Å². The van der Waals surface area contributed by atoms with E-state index in [9.17, 15) is 0 Å². The second-order valence-corrected chi connectivity index (χ2v) is 6.40. The molecule has 0 radical (unpaired) electrons. The molecule has 2 N–H and O–H groups in total. The van der Waals surface area contributed by atoms with Crippen LogP contribution in [0.2, 0.25) is 0 Å². The SMILES string of the molecule is COc1ccc(-c2noc(/C(=C/c3ccsc3)CCCCN)n2)cc1. The van der Waals surface area contributed by atoms with E-state index in [-0.39, 0.29) is 0 Å². The van der Waals surface area contributed by atoms with Crippen molar-refractivity contribution >= 4 is 23.0 Å². The first kappa shape index (κ1) is 17.4. The third-order valence-electron chi connectivity index (χ3n) is 3.83. The van der Waals surface area contributed by atoms with Gasteiger partial charge in [-0.25, -0.2) is 0 Å². The zero-order valence-corrected chi connectivity index (χ0v) is 15.0. The standard InChI is InChI=1S/C19H21N3O2S/c1-23-17-7-5-15(6-8-17)18-21-19(24-22-18)16(4-2-3-10-20)12-14-9-11-25-13-14/h5-9,11-13H,2-4,10,20H2,1H3/b16-12+. The van der Waals surface area contributed by atoms with E-state index in [1.807, 2.05) is 24.3 Å². The molecule has 0 aliphatic carbocycles. The van der Waals surface area contributed by atoms with Crippen molar-refractivity contribution in [3.05, 3.63) is 52.5 Å². The number of hydrogen-bond donors (Lipinski definition) is 1. The van der Waals surface area contributed by atoms with Gasteiger partial charge in [0.1, 0.15) is 5.75 Å². The minimum absolute atomic E-state index is 0.564. The summed E-state index contributed by atoms with van der Waals surface area (Å²) in [6.45, 7) is 0.687. The zero-order chi connectivity index (χ0) is 17.5. The molecule has 0 spiro atoms. The van der Waals surface area contributed by atoms with E-state index in [1.54, 1.807) is 18.4 Å². The Morgan fingerprint density at radius 2 is 2.08 bits per heavy atom. The van der Waals surface area contributed by atoms with Crippen LogP contribution in [0.25, 0.3) is 23.0 Å². The van der Waals surface area contributed by atoms with E-state index in [0.29, 0.717) is 18.3 Å². The summed E-state index contributed by atoms with van der Waals surface area (Å²) in [7, 11) is 1.64. The van der Waals surface area contributed by atoms with Crippen LogP contribution in [0.4, 0.5) is 0 Å². The second-order valence-electron chi connectivity index (χ2n) is 5.62. The Bertz CT molecular complexity index is 808. The van der Waals surface area contributed by atoms with Gasteiger partial charge in [-0.1, -0.05) is 5.16 Å². The van der Waals surface area contributed by atoms with E-state index in [2.05, 4.69) is 33.0 Å². The van der Waals surface area contributed by atoms with Crippen LogP contribution in [0.5, 0.6) is 5.75 Å². The molecule has 0 amide bonds. The summed E-state index contributed by atoms with van der Waals surface area (Å²) in [5.41, 5.74) is 8.70. The first-order chi connectivity index (χ1) is 12.3. The van der Waals surface area contributed by atoms with Gasteiger partial charge in [-0.05, 0) is 78.5 Å². The lowest BCUT2D eigenvalue weighted by Crippen LogP contribution is -1.98. The van der Waals surface area contributed by atoms with Crippen LogP contribution in [-0.4, -0.2) is 23.8 Å². The lowest BCUT2D eigenvalue weighted by Gasteiger charge is -2.02. The quantitative estimate of drug-likeness (QED) is 0.603. The van der Waals surface area contributed by atoms with Crippen molar-refractivity contribution in [2.75, 3.05) is 13.7 Å². The van der Waals surface area contributed by atoms with Crippen molar-refractivity contribution < 1.29 is 9.26 Å². The number of aromatic nitrogens is 2. The average molecular weight is 355 g/mol. The molecule has 0 aliphatic heterocycles. The Labute approximate surface area is 151 Å². The minimum atomic E-state index is 0.564. The fourth-order valence-corrected chi connectivity index (χ4v) is 3.09. The predicted octanol–water partition coefficient (Wildman–Crippen LogP) is 4.48. The van der Waals surface area contributed by atoms with Gasteiger partial charge in [-0.15, -0.1) is 0 Å².